The molecular weight excluding hydrogens is 503 g/mol. The van der Waals surface area contributed by atoms with Crippen LogP contribution in [0.4, 0.5) is 0 Å². The first-order valence-corrected chi connectivity index (χ1v) is 9.98. The normalized spacial score (nSPS) is 10.9. The Hall–Kier alpha value is -2.88. The van der Waals surface area contributed by atoms with E-state index in [2.05, 4.69) is 20.7 Å². The zero-order valence-corrected chi connectivity index (χ0v) is 20.4. The minimum absolute atomic E-state index is 0. The maximum absolute atomic E-state index is 12.0. The monoisotopic (exact) mass is 532 g/mol. The summed E-state index contributed by atoms with van der Waals surface area (Å²) in [5, 5.41) is 11.0. The summed E-state index contributed by atoms with van der Waals surface area (Å²) in [5.74, 6) is 0.735. The zero-order chi connectivity index (χ0) is 21.3. The lowest BCUT2D eigenvalue weighted by Gasteiger charge is -2.12. The number of guanidine groups is 1. The summed E-state index contributed by atoms with van der Waals surface area (Å²) in [5.41, 5.74) is 3.81. The highest BCUT2D eigenvalue weighted by molar-refractivity contribution is 14.0. The Balaban J connectivity index is 0.00000341. The average molecular weight is 532 g/mol. The number of carbonyl (C=O) groups excluding carboxylic acids is 1. The van der Waals surface area contributed by atoms with Crippen LogP contribution in [0.25, 0.3) is 5.69 Å². The van der Waals surface area contributed by atoms with Crippen LogP contribution < -0.4 is 10.6 Å². The van der Waals surface area contributed by atoms with E-state index < -0.39 is 0 Å². The van der Waals surface area contributed by atoms with Crippen molar-refractivity contribution in [2.75, 3.05) is 20.6 Å². The van der Waals surface area contributed by atoms with Gasteiger partial charge >= 0.3 is 0 Å². The Morgan fingerprint density at radius 1 is 1.03 bits per heavy atom. The maximum Gasteiger partial charge on any atom is 0.253 e. The first kappa shape index (κ1) is 24.4. The van der Waals surface area contributed by atoms with E-state index in [4.69, 9.17) is 0 Å². The highest BCUT2D eigenvalue weighted by atomic mass is 127. The molecule has 3 rings (SSSR count). The molecule has 0 atom stereocenters. The first-order valence-electron chi connectivity index (χ1n) is 9.98. The standard InChI is InChI=1S/C23H28N6O.HI/c1-4-24-23(25-14-18-10-12-20(13-11-18)22(30)28(2)3)26-15-19-16-27-29(17-19)21-8-6-5-7-9-21;/h5-13,16-17H,4,14-15H2,1-3H3,(H2,24,25,26);1H. The van der Waals surface area contributed by atoms with Gasteiger partial charge in [-0.05, 0) is 36.8 Å². The molecule has 0 unspecified atom stereocenters. The van der Waals surface area contributed by atoms with E-state index >= 15 is 0 Å². The summed E-state index contributed by atoms with van der Waals surface area (Å²) in [6.45, 7) is 3.95. The molecule has 8 heteroatoms. The van der Waals surface area contributed by atoms with E-state index in [9.17, 15) is 4.79 Å². The van der Waals surface area contributed by atoms with Crippen molar-refractivity contribution in [3.8, 4) is 5.69 Å². The molecule has 7 nitrogen and oxygen atoms in total. The number of carbonyl (C=O) groups is 1. The average Bonchev–Trinajstić information content (AvgIpc) is 3.25. The topological polar surface area (TPSA) is 74.5 Å². The lowest BCUT2D eigenvalue weighted by atomic mass is 10.1. The fourth-order valence-electron chi connectivity index (χ4n) is 2.88. The minimum atomic E-state index is 0. The van der Waals surface area contributed by atoms with Crippen LogP contribution in [-0.4, -0.2) is 47.2 Å². The van der Waals surface area contributed by atoms with Gasteiger partial charge in [0.1, 0.15) is 0 Å². The highest BCUT2D eigenvalue weighted by Crippen LogP contribution is 2.09. The van der Waals surface area contributed by atoms with Crippen LogP contribution in [0.5, 0.6) is 0 Å². The molecule has 0 spiro atoms. The molecule has 0 bridgehead atoms. The molecule has 1 heterocycles. The number of aromatic nitrogens is 2. The summed E-state index contributed by atoms with van der Waals surface area (Å²) in [6.07, 6.45) is 3.82. The van der Waals surface area contributed by atoms with E-state index in [1.54, 1.807) is 19.0 Å². The van der Waals surface area contributed by atoms with Gasteiger partial charge in [-0.1, -0.05) is 30.3 Å². The van der Waals surface area contributed by atoms with Crippen molar-refractivity contribution < 1.29 is 4.79 Å². The smallest absolute Gasteiger partial charge is 0.253 e. The quantitative estimate of drug-likeness (QED) is 0.278. The largest absolute Gasteiger partial charge is 0.357 e. The van der Waals surface area contributed by atoms with Gasteiger partial charge < -0.3 is 15.5 Å². The van der Waals surface area contributed by atoms with Crippen LogP contribution in [-0.2, 0) is 13.1 Å². The Bertz CT molecular complexity index is 983. The van der Waals surface area contributed by atoms with Crippen molar-refractivity contribution in [1.29, 1.82) is 0 Å². The van der Waals surface area contributed by atoms with Crippen LogP contribution in [0.1, 0.15) is 28.4 Å². The molecule has 0 aliphatic carbocycles. The molecule has 0 radical (unpaired) electrons. The van der Waals surface area contributed by atoms with E-state index in [0.717, 1.165) is 29.3 Å². The molecule has 31 heavy (non-hydrogen) atoms. The van der Waals surface area contributed by atoms with Gasteiger partial charge in [0.2, 0.25) is 0 Å². The van der Waals surface area contributed by atoms with Crippen LogP contribution >= 0.6 is 24.0 Å². The first-order chi connectivity index (χ1) is 14.6. The molecule has 0 aliphatic rings. The maximum atomic E-state index is 12.0. The van der Waals surface area contributed by atoms with Gasteiger partial charge in [-0.3, -0.25) is 4.79 Å². The third-order valence-corrected chi connectivity index (χ3v) is 4.49. The van der Waals surface area contributed by atoms with Gasteiger partial charge in [0, 0.05) is 44.5 Å². The second-order valence-corrected chi connectivity index (χ2v) is 7.07. The van der Waals surface area contributed by atoms with Gasteiger partial charge in [-0.2, -0.15) is 5.10 Å². The molecular formula is C23H29IN6O. The van der Waals surface area contributed by atoms with Gasteiger partial charge in [-0.15, -0.1) is 24.0 Å². The SMILES string of the molecule is CCNC(=NCc1cnn(-c2ccccc2)c1)NCc1ccc(C(=O)N(C)C)cc1.I. The molecule has 3 aromatic rings. The number of hydrogen-bond donors (Lipinski definition) is 2. The third-order valence-electron chi connectivity index (χ3n) is 4.49. The Morgan fingerprint density at radius 2 is 1.74 bits per heavy atom. The van der Waals surface area contributed by atoms with Crippen LogP contribution in [0.3, 0.4) is 0 Å². The molecule has 2 aromatic carbocycles. The number of amides is 1. The lowest BCUT2D eigenvalue weighted by Crippen LogP contribution is -2.36. The fraction of sp³-hybridized carbons (Fsp3) is 0.261. The number of hydrogen-bond acceptors (Lipinski definition) is 3. The number of aliphatic imine (C=N–C) groups is 1. The predicted octanol–water partition coefficient (Wildman–Crippen LogP) is 3.45. The number of benzene rings is 2. The van der Waals surface area contributed by atoms with E-state index in [1.165, 1.54) is 0 Å². The minimum Gasteiger partial charge on any atom is -0.357 e. The van der Waals surface area contributed by atoms with Gasteiger partial charge in [-0.25, -0.2) is 9.67 Å². The second-order valence-electron chi connectivity index (χ2n) is 7.07. The molecule has 164 valence electrons. The van der Waals surface area contributed by atoms with Crippen molar-refractivity contribution in [1.82, 2.24) is 25.3 Å². The van der Waals surface area contributed by atoms with Gasteiger partial charge in [0.05, 0.1) is 18.4 Å². The highest BCUT2D eigenvalue weighted by Gasteiger charge is 2.07. The number of nitrogens with one attached hydrogen (secondary N) is 2. The van der Waals surface area contributed by atoms with Gasteiger partial charge in [0.15, 0.2) is 5.96 Å². The molecule has 2 N–H and O–H groups in total. The van der Waals surface area contributed by atoms with E-state index in [-0.39, 0.29) is 29.9 Å². The van der Waals surface area contributed by atoms with Crippen molar-refractivity contribution in [2.45, 2.75) is 20.0 Å². The van der Waals surface area contributed by atoms with E-state index in [0.29, 0.717) is 18.7 Å². The third kappa shape index (κ3) is 7.09. The molecule has 1 amide bonds. The summed E-state index contributed by atoms with van der Waals surface area (Å²) in [4.78, 5) is 18.2. The van der Waals surface area contributed by atoms with Crippen molar-refractivity contribution in [3.63, 3.8) is 0 Å². The molecule has 0 saturated carbocycles. The summed E-state index contributed by atoms with van der Waals surface area (Å²) >= 11 is 0. The van der Waals surface area contributed by atoms with Crippen LogP contribution in [0.2, 0.25) is 0 Å². The number of rotatable bonds is 7. The Morgan fingerprint density at radius 3 is 2.39 bits per heavy atom. The molecule has 0 fully saturated rings. The van der Waals surface area contributed by atoms with E-state index in [1.807, 2.05) is 78.6 Å². The summed E-state index contributed by atoms with van der Waals surface area (Å²) in [6, 6.07) is 17.6. The van der Waals surface area contributed by atoms with Crippen molar-refractivity contribution >= 4 is 35.8 Å². The zero-order valence-electron chi connectivity index (χ0n) is 18.1. The molecule has 0 saturated heterocycles. The molecule has 1 aromatic heterocycles. The molecule has 0 aliphatic heterocycles. The Labute approximate surface area is 200 Å². The van der Waals surface area contributed by atoms with Crippen LogP contribution in [0.15, 0.2) is 72.0 Å². The lowest BCUT2D eigenvalue weighted by molar-refractivity contribution is 0.0827. The number of para-hydroxylation sites is 1. The summed E-state index contributed by atoms with van der Waals surface area (Å²) in [7, 11) is 3.50. The second kappa shape index (κ2) is 12.1. The van der Waals surface area contributed by atoms with Gasteiger partial charge in [0.25, 0.3) is 5.91 Å². The predicted molar refractivity (Wildman–Crippen MR) is 135 cm³/mol. The fourth-order valence-corrected chi connectivity index (χ4v) is 2.88. The van der Waals surface area contributed by atoms with Crippen LogP contribution in [0, 0.1) is 0 Å². The van der Waals surface area contributed by atoms with Crippen molar-refractivity contribution in [3.05, 3.63) is 83.7 Å². The van der Waals surface area contributed by atoms with Crippen molar-refractivity contribution in [2.24, 2.45) is 4.99 Å². The number of nitrogens with zero attached hydrogens (tertiary/aromatic N) is 4. The Kier molecular flexibility index (Phi) is 9.51. The summed E-state index contributed by atoms with van der Waals surface area (Å²) < 4.78 is 1.85. The number of halogens is 1.